The molecule has 0 heterocycles. The predicted molar refractivity (Wildman–Crippen MR) is 102 cm³/mol. The maximum absolute atomic E-state index is 12.3. The Balaban J connectivity index is 1.34. The molecule has 2 aliphatic rings. The molecule has 0 aromatic heterocycles. The van der Waals surface area contributed by atoms with Crippen LogP contribution in [0.2, 0.25) is 0 Å². The Labute approximate surface area is 158 Å². The molecule has 0 unspecified atom stereocenters. The lowest BCUT2D eigenvalue weighted by Crippen LogP contribution is -2.42. The summed E-state index contributed by atoms with van der Waals surface area (Å²) in [6.45, 7) is 1.70. The number of hydrogen-bond acceptors (Lipinski definition) is 4. The lowest BCUT2D eigenvalue weighted by atomic mass is 9.84. The second-order valence-electron chi connectivity index (χ2n) is 7.95. The fraction of sp³-hybridized carbons (Fsp3) is 0.455. The summed E-state index contributed by atoms with van der Waals surface area (Å²) in [7, 11) is 0. The van der Waals surface area contributed by atoms with E-state index >= 15 is 0 Å². The first kappa shape index (κ1) is 17.8. The molecule has 4 rings (SSSR count). The summed E-state index contributed by atoms with van der Waals surface area (Å²) in [4.78, 5) is 24.5. The monoisotopic (exact) mass is 367 g/mol. The quantitative estimate of drug-likeness (QED) is 0.791. The number of aromatic hydroxyl groups is 1. The number of ether oxygens (including phenoxy) is 1. The van der Waals surface area contributed by atoms with Crippen LogP contribution in [-0.4, -0.2) is 29.6 Å². The van der Waals surface area contributed by atoms with E-state index < -0.39 is 5.97 Å². The van der Waals surface area contributed by atoms with Crippen LogP contribution >= 0.6 is 0 Å². The van der Waals surface area contributed by atoms with Crippen LogP contribution in [0.4, 0.5) is 0 Å². The van der Waals surface area contributed by atoms with Crippen molar-refractivity contribution in [1.29, 1.82) is 0 Å². The minimum absolute atomic E-state index is 0.0719. The molecule has 2 N–H and O–H groups in total. The topological polar surface area (TPSA) is 75.6 Å². The molecule has 2 fully saturated rings. The van der Waals surface area contributed by atoms with Gasteiger partial charge in [0.25, 0.3) is 5.91 Å². The molecule has 0 aliphatic heterocycles. The number of phenolic OH excluding ortho intramolecular Hbond substituents is 1. The first-order chi connectivity index (χ1) is 13.0. The van der Waals surface area contributed by atoms with Crippen molar-refractivity contribution < 1.29 is 19.4 Å². The predicted octanol–water partition coefficient (Wildman–Crippen LogP) is 3.64. The highest BCUT2D eigenvalue weighted by atomic mass is 16.5. The molecule has 0 radical (unpaired) electrons. The fourth-order valence-electron chi connectivity index (χ4n) is 4.94. The minimum Gasteiger partial charge on any atom is -0.506 e. The molecule has 27 heavy (non-hydrogen) atoms. The van der Waals surface area contributed by atoms with Gasteiger partial charge in [0, 0.05) is 11.4 Å². The van der Waals surface area contributed by atoms with Gasteiger partial charge in [0.2, 0.25) is 0 Å². The SMILES string of the molecule is C[C@@H](NC(=O)COC(=O)c1ccc2ccccc2c1O)[C@H]1C[C@H]2CC[C@H]1C2. The standard InChI is InChI=1S/C22H25NO4/c1-13(19-11-14-6-7-16(19)10-14)23-20(24)12-27-22(26)18-9-8-15-4-2-3-5-17(15)21(18)25/h2-5,8-9,13-14,16,19,25H,6-7,10-12H2,1H3,(H,23,24)/t13-,14+,16+,19-/m1/s1. The Bertz CT molecular complexity index is 878. The number of rotatable bonds is 5. The van der Waals surface area contributed by atoms with E-state index in [1.54, 1.807) is 18.2 Å². The zero-order valence-corrected chi connectivity index (χ0v) is 15.5. The summed E-state index contributed by atoms with van der Waals surface area (Å²) in [5, 5.41) is 14.7. The van der Waals surface area contributed by atoms with Crippen molar-refractivity contribution in [1.82, 2.24) is 5.32 Å². The number of phenols is 1. The molecule has 2 bridgehead atoms. The van der Waals surface area contributed by atoms with Gasteiger partial charge in [-0.05, 0) is 55.4 Å². The van der Waals surface area contributed by atoms with Crippen molar-refractivity contribution in [2.75, 3.05) is 6.61 Å². The average Bonchev–Trinajstić information content (AvgIpc) is 3.30. The molecule has 2 saturated carbocycles. The molecule has 4 atom stereocenters. The molecule has 0 saturated heterocycles. The average molecular weight is 367 g/mol. The molecule has 5 nitrogen and oxygen atoms in total. The van der Waals surface area contributed by atoms with Gasteiger partial charge in [-0.3, -0.25) is 4.79 Å². The maximum atomic E-state index is 12.3. The van der Waals surface area contributed by atoms with Gasteiger partial charge in [-0.2, -0.15) is 0 Å². The Kier molecular flexibility index (Phi) is 4.77. The molecule has 2 aromatic carbocycles. The fourth-order valence-corrected chi connectivity index (χ4v) is 4.94. The normalized spacial score (nSPS) is 24.7. The van der Waals surface area contributed by atoms with Gasteiger partial charge in [0.05, 0.1) is 0 Å². The smallest absolute Gasteiger partial charge is 0.342 e. The van der Waals surface area contributed by atoms with Crippen LogP contribution in [0.1, 0.15) is 43.0 Å². The van der Waals surface area contributed by atoms with Gasteiger partial charge >= 0.3 is 5.97 Å². The van der Waals surface area contributed by atoms with Crippen LogP contribution in [-0.2, 0) is 9.53 Å². The van der Waals surface area contributed by atoms with Crippen LogP contribution in [0.25, 0.3) is 10.8 Å². The number of benzene rings is 2. The molecule has 1 amide bonds. The third-order valence-electron chi connectivity index (χ3n) is 6.28. The van der Waals surface area contributed by atoms with Gasteiger partial charge in [-0.25, -0.2) is 4.79 Å². The largest absolute Gasteiger partial charge is 0.506 e. The number of amides is 1. The van der Waals surface area contributed by atoms with Crippen molar-refractivity contribution >= 4 is 22.6 Å². The molecule has 2 aliphatic carbocycles. The van der Waals surface area contributed by atoms with Gasteiger partial charge in [-0.1, -0.05) is 36.8 Å². The number of nitrogens with one attached hydrogen (secondary N) is 1. The third kappa shape index (κ3) is 3.51. The third-order valence-corrected chi connectivity index (χ3v) is 6.28. The highest BCUT2D eigenvalue weighted by molar-refractivity contribution is 6.01. The Morgan fingerprint density at radius 2 is 2.00 bits per heavy atom. The van der Waals surface area contributed by atoms with E-state index in [0.717, 1.165) is 17.2 Å². The van der Waals surface area contributed by atoms with Crippen LogP contribution in [0, 0.1) is 17.8 Å². The first-order valence-corrected chi connectivity index (χ1v) is 9.70. The first-order valence-electron chi connectivity index (χ1n) is 9.70. The molecule has 2 aromatic rings. The highest BCUT2D eigenvalue weighted by Gasteiger charge is 2.42. The number of carbonyl (C=O) groups excluding carboxylic acids is 2. The summed E-state index contributed by atoms with van der Waals surface area (Å²) < 4.78 is 5.13. The van der Waals surface area contributed by atoms with Crippen molar-refractivity contribution in [3.05, 3.63) is 42.0 Å². The van der Waals surface area contributed by atoms with Crippen LogP contribution in [0.5, 0.6) is 5.75 Å². The van der Waals surface area contributed by atoms with Crippen molar-refractivity contribution in [2.24, 2.45) is 17.8 Å². The van der Waals surface area contributed by atoms with E-state index in [9.17, 15) is 14.7 Å². The summed E-state index contributed by atoms with van der Waals surface area (Å²) in [5.41, 5.74) is 0.0719. The maximum Gasteiger partial charge on any atom is 0.342 e. The second-order valence-corrected chi connectivity index (χ2v) is 7.95. The van der Waals surface area contributed by atoms with E-state index in [0.29, 0.717) is 11.3 Å². The van der Waals surface area contributed by atoms with E-state index in [2.05, 4.69) is 5.32 Å². The van der Waals surface area contributed by atoms with E-state index in [1.165, 1.54) is 31.7 Å². The van der Waals surface area contributed by atoms with Gasteiger partial charge < -0.3 is 15.2 Å². The Morgan fingerprint density at radius 1 is 1.19 bits per heavy atom. The van der Waals surface area contributed by atoms with Crippen LogP contribution in [0.3, 0.4) is 0 Å². The molecule has 5 heteroatoms. The zero-order valence-electron chi connectivity index (χ0n) is 15.5. The second kappa shape index (κ2) is 7.22. The van der Waals surface area contributed by atoms with Crippen molar-refractivity contribution in [3.8, 4) is 5.75 Å². The molecular formula is C22H25NO4. The van der Waals surface area contributed by atoms with E-state index in [4.69, 9.17) is 4.74 Å². The summed E-state index contributed by atoms with van der Waals surface area (Å²) in [6, 6.07) is 10.6. The highest BCUT2D eigenvalue weighted by Crippen LogP contribution is 2.49. The number of fused-ring (bicyclic) bond motifs is 3. The Morgan fingerprint density at radius 3 is 2.74 bits per heavy atom. The molecular weight excluding hydrogens is 342 g/mol. The van der Waals surface area contributed by atoms with Gasteiger partial charge in [-0.15, -0.1) is 0 Å². The molecule has 0 spiro atoms. The molecule has 142 valence electrons. The number of hydrogen-bond donors (Lipinski definition) is 2. The van der Waals surface area contributed by atoms with Crippen LogP contribution < -0.4 is 5.32 Å². The van der Waals surface area contributed by atoms with Crippen LogP contribution in [0.15, 0.2) is 36.4 Å². The lowest BCUT2D eigenvalue weighted by Gasteiger charge is -2.28. The lowest BCUT2D eigenvalue weighted by molar-refractivity contribution is -0.125. The summed E-state index contributed by atoms with van der Waals surface area (Å²) in [5.74, 6) is 0.983. The van der Waals surface area contributed by atoms with Gasteiger partial charge in [0.1, 0.15) is 11.3 Å². The van der Waals surface area contributed by atoms with Gasteiger partial charge in [0.15, 0.2) is 6.61 Å². The van der Waals surface area contributed by atoms with Crippen molar-refractivity contribution in [3.63, 3.8) is 0 Å². The van der Waals surface area contributed by atoms with Crippen molar-refractivity contribution in [2.45, 2.75) is 38.6 Å². The summed E-state index contributed by atoms with van der Waals surface area (Å²) >= 11 is 0. The zero-order chi connectivity index (χ0) is 19.0. The van der Waals surface area contributed by atoms with E-state index in [1.807, 2.05) is 19.1 Å². The number of carbonyl (C=O) groups is 2. The minimum atomic E-state index is -0.694. The Hall–Kier alpha value is -2.56. The summed E-state index contributed by atoms with van der Waals surface area (Å²) in [6.07, 6.45) is 5.08. The number of esters is 1. The van der Waals surface area contributed by atoms with E-state index in [-0.39, 0.29) is 29.9 Å².